The molecule has 1 fully saturated rings. The molecule has 1 aliphatic carbocycles. The Morgan fingerprint density at radius 1 is 1.43 bits per heavy atom. The second-order valence-electron chi connectivity index (χ2n) is 5.31. The van der Waals surface area contributed by atoms with Crippen LogP contribution in [0, 0.1) is 17.1 Å². The van der Waals surface area contributed by atoms with Crippen molar-refractivity contribution < 1.29 is 13.9 Å². The molecule has 0 heterocycles. The van der Waals surface area contributed by atoms with Crippen molar-refractivity contribution in [3.63, 3.8) is 0 Å². The van der Waals surface area contributed by atoms with Crippen LogP contribution in [0.3, 0.4) is 0 Å². The van der Waals surface area contributed by atoms with Crippen LogP contribution in [0.5, 0.6) is 0 Å². The molecule has 0 aliphatic heterocycles. The fourth-order valence-corrected chi connectivity index (χ4v) is 2.74. The number of hydrogen-bond acceptors (Lipinski definition) is 3. The summed E-state index contributed by atoms with van der Waals surface area (Å²) in [6.45, 7) is 3.51. The first kappa shape index (κ1) is 15.2. The third-order valence-electron chi connectivity index (χ3n) is 3.87. The van der Waals surface area contributed by atoms with E-state index < -0.39 is 5.82 Å². The molecule has 110 valence electrons. The van der Waals surface area contributed by atoms with Crippen LogP contribution in [0.25, 0.3) is 0 Å². The SMILES string of the molecule is C=CCC(=O)OC1CCC(c2ccc(C#N)c(F)c2)CC1. The van der Waals surface area contributed by atoms with Crippen LogP contribution in [0.15, 0.2) is 30.9 Å². The van der Waals surface area contributed by atoms with E-state index in [9.17, 15) is 9.18 Å². The lowest BCUT2D eigenvalue weighted by atomic mass is 9.82. The molecule has 0 unspecified atom stereocenters. The van der Waals surface area contributed by atoms with Crippen molar-refractivity contribution in [2.75, 3.05) is 0 Å². The number of carbonyl (C=O) groups is 1. The fraction of sp³-hybridized carbons (Fsp3) is 0.412. The minimum atomic E-state index is -0.463. The van der Waals surface area contributed by atoms with E-state index in [4.69, 9.17) is 10.00 Å². The number of esters is 1. The lowest BCUT2D eigenvalue weighted by molar-refractivity contribution is -0.149. The second-order valence-corrected chi connectivity index (χ2v) is 5.31. The van der Waals surface area contributed by atoms with Gasteiger partial charge in [-0.1, -0.05) is 12.1 Å². The van der Waals surface area contributed by atoms with E-state index in [2.05, 4.69) is 6.58 Å². The van der Waals surface area contributed by atoms with Crippen molar-refractivity contribution in [1.82, 2.24) is 0 Å². The minimum absolute atomic E-state index is 0.0445. The molecule has 1 saturated carbocycles. The maximum atomic E-state index is 13.6. The molecule has 0 N–H and O–H groups in total. The average molecular weight is 287 g/mol. The van der Waals surface area contributed by atoms with Crippen molar-refractivity contribution in [3.8, 4) is 6.07 Å². The number of rotatable bonds is 4. The van der Waals surface area contributed by atoms with Crippen LogP contribution in [-0.2, 0) is 9.53 Å². The first-order chi connectivity index (χ1) is 10.1. The van der Waals surface area contributed by atoms with Gasteiger partial charge >= 0.3 is 5.97 Å². The summed E-state index contributed by atoms with van der Waals surface area (Å²) in [4.78, 5) is 11.4. The molecule has 0 saturated heterocycles. The Morgan fingerprint density at radius 3 is 2.71 bits per heavy atom. The van der Waals surface area contributed by atoms with E-state index >= 15 is 0 Å². The molecule has 3 nitrogen and oxygen atoms in total. The molecule has 0 spiro atoms. The van der Waals surface area contributed by atoms with Crippen LogP contribution in [0.4, 0.5) is 4.39 Å². The van der Waals surface area contributed by atoms with Crippen molar-refractivity contribution >= 4 is 5.97 Å². The van der Waals surface area contributed by atoms with Gasteiger partial charge in [0.05, 0.1) is 12.0 Å². The molecule has 2 rings (SSSR count). The molecule has 21 heavy (non-hydrogen) atoms. The van der Waals surface area contributed by atoms with Gasteiger partial charge in [-0.15, -0.1) is 6.58 Å². The predicted molar refractivity (Wildman–Crippen MR) is 77.0 cm³/mol. The van der Waals surface area contributed by atoms with E-state index in [1.165, 1.54) is 18.2 Å². The number of nitrogens with zero attached hydrogens (tertiary/aromatic N) is 1. The molecule has 0 bridgehead atoms. The van der Waals surface area contributed by atoms with E-state index in [0.717, 1.165) is 31.2 Å². The van der Waals surface area contributed by atoms with Gasteiger partial charge in [-0.3, -0.25) is 4.79 Å². The monoisotopic (exact) mass is 287 g/mol. The van der Waals surface area contributed by atoms with Crippen molar-refractivity contribution in [3.05, 3.63) is 47.8 Å². The third kappa shape index (κ3) is 3.91. The smallest absolute Gasteiger partial charge is 0.309 e. The Morgan fingerprint density at radius 2 is 2.14 bits per heavy atom. The van der Waals surface area contributed by atoms with Gasteiger partial charge in [-0.05, 0) is 49.3 Å². The zero-order valence-electron chi connectivity index (χ0n) is 11.8. The zero-order valence-corrected chi connectivity index (χ0v) is 11.8. The number of carbonyl (C=O) groups excluding carboxylic acids is 1. The molecule has 4 heteroatoms. The summed E-state index contributed by atoms with van der Waals surface area (Å²) in [6.07, 6.45) is 5.02. The molecule has 1 aromatic rings. The lowest BCUT2D eigenvalue weighted by Gasteiger charge is -2.28. The van der Waals surface area contributed by atoms with Crippen LogP contribution in [-0.4, -0.2) is 12.1 Å². The molecular formula is C17H18FNO2. The zero-order chi connectivity index (χ0) is 15.2. The Kier molecular flexibility index (Phi) is 5.10. The van der Waals surface area contributed by atoms with Crippen LogP contribution in [0.1, 0.15) is 49.1 Å². The highest BCUT2D eigenvalue weighted by Crippen LogP contribution is 2.34. The lowest BCUT2D eigenvalue weighted by Crippen LogP contribution is -2.23. The van der Waals surface area contributed by atoms with Gasteiger partial charge in [0.1, 0.15) is 18.0 Å². The minimum Gasteiger partial charge on any atom is -0.462 e. The predicted octanol–water partition coefficient (Wildman–Crippen LogP) is 3.84. The third-order valence-corrected chi connectivity index (χ3v) is 3.87. The molecular weight excluding hydrogens is 269 g/mol. The van der Waals surface area contributed by atoms with Gasteiger partial charge in [0.25, 0.3) is 0 Å². The summed E-state index contributed by atoms with van der Waals surface area (Å²) in [5, 5.41) is 8.74. The second kappa shape index (κ2) is 7.03. The number of halogens is 1. The van der Waals surface area contributed by atoms with E-state index in [1.54, 1.807) is 0 Å². The summed E-state index contributed by atoms with van der Waals surface area (Å²) in [5.41, 5.74) is 0.994. The number of nitriles is 1. The fourth-order valence-electron chi connectivity index (χ4n) is 2.74. The Labute approximate surface area is 124 Å². The van der Waals surface area contributed by atoms with E-state index in [0.29, 0.717) is 0 Å². The summed E-state index contributed by atoms with van der Waals surface area (Å²) in [7, 11) is 0. The van der Waals surface area contributed by atoms with E-state index in [-0.39, 0.29) is 30.0 Å². The van der Waals surface area contributed by atoms with E-state index in [1.807, 2.05) is 12.1 Å². The summed E-state index contributed by atoms with van der Waals surface area (Å²) >= 11 is 0. The normalized spacial score (nSPS) is 21.3. The first-order valence-electron chi connectivity index (χ1n) is 7.14. The van der Waals surface area contributed by atoms with Gasteiger partial charge in [0.2, 0.25) is 0 Å². The number of benzene rings is 1. The van der Waals surface area contributed by atoms with Crippen LogP contribution in [0.2, 0.25) is 0 Å². The highest BCUT2D eigenvalue weighted by atomic mass is 19.1. The van der Waals surface area contributed by atoms with Crippen LogP contribution >= 0.6 is 0 Å². The summed E-state index contributed by atoms with van der Waals surface area (Å²) in [5.74, 6) is -0.436. The first-order valence-corrected chi connectivity index (χ1v) is 7.14. The molecule has 0 aromatic heterocycles. The molecule has 1 aliphatic rings. The topological polar surface area (TPSA) is 50.1 Å². The van der Waals surface area contributed by atoms with Gasteiger partial charge in [-0.2, -0.15) is 5.26 Å². The Hall–Kier alpha value is -2.15. The van der Waals surface area contributed by atoms with Gasteiger partial charge in [0.15, 0.2) is 0 Å². The van der Waals surface area contributed by atoms with Crippen molar-refractivity contribution in [1.29, 1.82) is 5.26 Å². The largest absolute Gasteiger partial charge is 0.462 e. The Bertz CT molecular complexity index is 569. The number of ether oxygens (including phenoxy) is 1. The molecule has 0 amide bonds. The van der Waals surface area contributed by atoms with Crippen molar-refractivity contribution in [2.45, 2.75) is 44.1 Å². The van der Waals surface area contributed by atoms with Gasteiger partial charge in [-0.25, -0.2) is 4.39 Å². The Balaban J connectivity index is 1.92. The average Bonchev–Trinajstić information content (AvgIpc) is 2.48. The highest BCUT2D eigenvalue weighted by molar-refractivity contribution is 5.71. The molecule has 0 radical (unpaired) electrons. The van der Waals surface area contributed by atoms with Crippen molar-refractivity contribution in [2.24, 2.45) is 0 Å². The summed E-state index contributed by atoms with van der Waals surface area (Å²) < 4.78 is 19.0. The highest BCUT2D eigenvalue weighted by Gasteiger charge is 2.25. The molecule has 1 aromatic carbocycles. The molecule has 0 atom stereocenters. The maximum Gasteiger partial charge on any atom is 0.309 e. The van der Waals surface area contributed by atoms with Gasteiger partial charge < -0.3 is 4.74 Å². The van der Waals surface area contributed by atoms with Gasteiger partial charge in [0, 0.05) is 0 Å². The van der Waals surface area contributed by atoms with Crippen LogP contribution < -0.4 is 0 Å². The standard InChI is InChI=1S/C17H18FNO2/c1-2-3-17(20)21-15-8-6-12(7-9-15)13-4-5-14(11-19)16(18)10-13/h2,4-5,10,12,15H,1,3,6-9H2. The number of hydrogen-bond donors (Lipinski definition) is 0. The quantitative estimate of drug-likeness (QED) is 0.624. The summed E-state index contributed by atoms with van der Waals surface area (Å²) in [6, 6.07) is 6.62. The maximum absolute atomic E-state index is 13.6.